The van der Waals surface area contributed by atoms with E-state index in [1.807, 2.05) is 0 Å². The number of hydrogen-bond acceptors (Lipinski definition) is 5. The Morgan fingerprint density at radius 2 is 2.05 bits per heavy atom. The van der Waals surface area contributed by atoms with Gasteiger partial charge in [-0.3, -0.25) is 9.59 Å². The molecule has 6 heteroatoms. The van der Waals surface area contributed by atoms with Crippen molar-refractivity contribution in [2.24, 2.45) is 5.92 Å². The highest BCUT2D eigenvalue weighted by Crippen LogP contribution is 2.30. The summed E-state index contributed by atoms with van der Waals surface area (Å²) < 4.78 is 15.7. The number of carbonyl (C=O) groups is 2. The lowest BCUT2D eigenvalue weighted by Gasteiger charge is -2.27. The van der Waals surface area contributed by atoms with Gasteiger partial charge in [0.05, 0.1) is 5.92 Å². The summed E-state index contributed by atoms with van der Waals surface area (Å²) in [5.41, 5.74) is -0.775. The van der Waals surface area contributed by atoms with E-state index in [0.29, 0.717) is 12.8 Å². The maximum absolute atomic E-state index is 12.0. The summed E-state index contributed by atoms with van der Waals surface area (Å²) in [5.74, 6) is -0.388. The first kappa shape index (κ1) is 15.0. The van der Waals surface area contributed by atoms with Crippen LogP contribution in [-0.2, 0) is 22.1 Å². The van der Waals surface area contributed by atoms with E-state index in [1.165, 1.54) is 6.42 Å². The van der Waals surface area contributed by atoms with Crippen molar-refractivity contribution in [1.29, 1.82) is 0 Å². The van der Waals surface area contributed by atoms with Crippen LogP contribution in [0.3, 0.4) is 0 Å². The van der Waals surface area contributed by atoms with Gasteiger partial charge >= 0.3 is 11.9 Å². The Morgan fingerprint density at radius 3 is 2.63 bits per heavy atom. The minimum atomic E-state index is -0.775. The van der Waals surface area contributed by atoms with Crippen LogP contribution in [0.15, 0.2) is 0 Å². The van der Waals surface area contributed by atoms with Gasteiger partial charge in [-0.2, -0.15) is 0 Å². The van der Waals surface area contributed by atoms with Gasteiger partial charge in [0.15, 0.2) is 5.60 Å². The van der Waals surface area contributed by atoms with Crippen molar-refractivity contribution in [1.82, 2.24) is 0 Å². The van der Waals surface area contributed by atoms with Crippen LogP contribution >= 0.6 is 23.0 Å². The highest BCUT2D eigenvalue weighted by molar-refractivity contribution is 14.1. The van der Waals surface area contributed by atoms with E-state index in [4.69, 9.17) is 12.5 Å². The van der Waals surface area contributed by atoms with Gasteiger partial charge in [-0.15, -0.1) is 0 Å². The molecule has 0 aromatic rings. The van der Waals surface area contributed by atoms with Crippen LogP contribution in [0, 0.1) is 5.92 Å². The Balaban J connectivity index is 1.84. The first-order valence-corrected chi connectivity index (χ1v) is 7.65. The maximum atomic E-state index is 12.0. The zero-order valence-corrected chi connectivity index (χ0v) is 13.0. The zero-order chi connectivity index (χ0) is 13.7. The van der Waals surface area contributed by atoms with Crippen molar-refractivity contribution in [2.75, 3.05) is 13.2 Å². The van der Waals surface area contributed by atoms with Crippen molar-refractivity contribution in [2.45, 2.75) is 50.5 Å². The predicted molar refractivity (Wildman–Crippen MR) is 75.6 cm³/mol. The average molecular weight is 382 g/mol. The molecule has 0 spiro atoms. The molecule has 0 bridgehead atoms. The molecule has 5 nitrogen and oxygen atoms in total. The second-order valence-corrected chi connectivity index (χ2v) is 5.98. The molecule has 1 saturated heterocycles. The van der Waals surface area contributed by atoms with Crippen LogP contribution < -0.4 is 0 Å². The highest BCUT2D eigenvalue weighted by atomic mass is 127. The summed E-state index contributed by atoms with van der Waals surface area (Å²) in [6.45, 7) is 0.369. The maximum Gasteiger partial charge on any atom is 0.309 e. The number of halogens is 1. The summed E-state index contributed by atoms with van der Waals surface area (Å²) in [6, 6.07) is 0. The molecule has 2 aliphatic rings. The second-order valence-electron chi connectivity index (χ2n) is 5.35. The van der Waals surface area contributed by atoms with Gasteiger partial charge < -0.3 is 12.5 Å². The second kappa shape index (κ2) is 6.88. The van der Waals surface area contributed by atoms with Crippen molar-refractivity contribution in [3.05, 3.63) is 0 Å². The molecule has 108 valence electrons. The molecule has 1 heterocycles. The Bertz CT molecular complexity index is 340. The standard InChI is InChI=1S/C13H19IO5/c14-18-9-13(7-6-11(15)19-13)8-17-12(16)10-4-2-1-3-5-10/h10H,1-9H2. The number of carbonyl (C=O) groups excluding carboxylic acids is 2. The third-order valence-corrected chi connectivity index (χ3v) is 4.16. The Hall–Kier alpha value is -0.370. The summed E-state index contributed by atoms with van der Waals surface area (Å²) in [7, 11) is 0. The molecule has 0 amide bonds. The Labute approximate surface area is 127 Å². The SMILES string of the molecule is O=C1CCC(COI)(COC(=O)C2CCCCC2)O1. The van der Waals surface area contributed by atoms with E-state index in [1.54, 1.807) is 23.0 Å². The molecule has 0 N–H and O–H groups in total. The minimum absolute atomic E-state index is 0.0171. The van der Waals surface area contributed by atoms with Gasteiger partial charge in [-0.25, -0.2) is 0 Å². The molecule has 2 fully saturated rings. The van der Waals surface area contributed by atoms with Crippen LogP contribution in [0.25, 0.3) is 0 Å². The molecule has 1 atom stereocenters. The Kier molecular flexibility index (Phi) is 5.44. The van der Waals surface area contributed by atoms with E-state index in [0.717, 1.165) is 25.7 Å². The molecule has 1 unspecified atom stereocenters. The van der Waals surface area contributed by atoms with Gasteiger partial charge in [0.1, 0.15) is 36.2 Å². The normalized spacial score (nSPS) is 28.2. The molecular formula is C13H19IO5. The minimum Gasteiger partial charge on any atom is -0.461 e. The van der Waals surface area contributed by atoms with Crippen LogP contribution in [0.2, 0.25) is 0 Å². The summed E-state index contributed by atoms with van der Waals surface area (Å²) in [4.78, 5) is 23.2. The first-order valence-electron chi connectivity index (χ1n) is 6.77. The van der Waals surface area contributed by atoms with Gasteiger partial charge in [0.2, 0.25) is 0 Å². The highest BCUT2D eigenvalue weighted by Gasteiger charge is 2.42. The largest absolute Gasteiger partial charge is 0.461 e. The smallest absolute Gasteiger partial charge is 0.309 e. The molecule has 1 aliphatic heterocycles. The number of rotatable bonds is 5. The van der Waals surface area contributed by atoms with Gasteiger partial charge in [0, 0.05) is 12.8 Å². The lowest BCUT2D eigenvalue weighted by molar-refractivity contribution is -0.168. The van der Waals surface area contributed by atoms with Gasteiger partial charge in [-0.05, 0) is 12.8 Å². The Morgan fingerprint density at radius 1 is 1.32 bits per heavy atom. The van der Waals surface area contributed by atoms with Gasteiger partial charge in [0.25, 0.3) is 0 Å². The number of hydrogen-bond donors (Lipinski definition) is 0. The lowest BCUT2D eigenvalue weighted by Crippen LogP contribution is -2.40. The molecule has 0 aromatic carbocycles. The van der Waals surface area contributed by atoms with Gasteiger partial charge in [-0.1, -0.05) is 19.3 Å². The van der Waals surface area contributed by atoms with E-state index in [-0.39, 0.29) is 31.1 Å². The molecule has 1 aliphatic carbocycles. The number of ether oxygens (including phenoxy) is 2. The third kappa shape index (κ3) is 4.05. The summed E-state index contributed by atoms with van der Waals surface area (Å²) in [5, 5.41) is 0. The fourth-order valence-corrected chi connectivity index (χ4v) is 3.24. The third-order valence-electron chi connectivity index (χ3n) is 3.85. The summed E-state index contributed by atoms with van der Waals surface area (Å²) >= 11 is 1.76. The molecular weight excluding hydrogens is 363 g/mol. The van der Waals surface area contributed by atoms with Crippen molar-refractivity contribution < 1.29 is 22.1 Å². The quantitative estimate of drug-likeness (QED) is 0.540. The van der Waals surface area contributed by atoms with Crippen LogP contribution in [0.5, 0.6) is 0 Å². The fraction of sp³-hybridized carbons (Fsp3) is 0.846. The monoisotopic (exact) mass is 382 g/mol. The zero-order valence-electron chi connectivity index (χ0n) is 10.9. The van der Waals surface area contributed by atoms with Crippen molar-refractivity contribution in [3.63, 3.8) is 0 Å². The predicted octanol–water partition coefficient (Wildman–Crippen LogP) is 2.55. The van der Waals surface area contributed by atoms with Crippen molar-refractivity contribution in [3.8, 4) is 0 Å². The number of esters is 2. The van der Waals surface area contributed by atoms with Crippen LogP contribution in [0.1, 0.15) is 44.9 Å². The topological polar surface area (TPSA) is 61.8 Å². The summed E-state index contributed by atoms with van der Waals surface area (Å²) in [6.07, 6.45) is 6.12. The van der Waals surface area contributed by atoms with Crippen LogP contribution in [-0.4, -0.2) is 30.8 Å². The molecule has 0 aromatic heterocycles. The average Bonchev–Trinajstić information content (AvgIpc) is 2.79. The van der Waals surface area contributed by atoms with E-state index in [2.05, 4.69) is 0 Å². The van der Waals surface area contributed by atoms with E-state index >= 15 is 0 Å². The van der Waals surface area contributed by atoms with Crippen LogP contribution in [0.4, 0.5) is 0 Å². The lowest BCUT2D eigenvalue weighted by atomic mass is 9.89. The number of cyclic esters (lactones) is 1. The molecule has 0 radical (unpaired) electrons. The molecule has 1 saturated carbocycles. The fourth-order valence-electron chi connectivity index (χ4n) is 2.68. The molecule has 19 heavy (non-hydrogen) atoms. The van der Waals surface area contributed by atoms with E-state index < -0.39 is 5.60 Å². The first-order chi connectivity index (χ1) is 9.15. The molecule has 2 rings (SSSR count). The van der Waals surface area contributed by atoms with Crippen molar-refractivity contribution >= 4 is 34.9 Å². The van der Waals surface area contributed by atoms with E-state index in [9.17, 15) is 9.59 Å².